The van der Waals surface area contributed by atoms with E-state index < -0.39 is 0 Å². The summed E-state index contributed by atoms with van der Waals surface area (Å²) in [5, 5.41) is 5.85. The maximum Gasteiger partial charge on any atom is 0.0835 e. The lowest BCUT2D eigenvalue weighted by Crippen LogP contribution is -2.30. The van der Waals surface area contributed by atoms with Gasteiger partial charge >= 0.3 is 0 Å². The summed E-state index contributed by atoms with van der Waals surface area (Å²) in [7, 11) is 0. The van der Waals surface area contributed by atoms with Crippen LogP contribution in [0.3, 0.4) is 0 Å². The molecular weight excluding hydrogens is 243 g/mol. The lowest BCUT2D eigenvalue weighted by atomic mass is 10.2. The highest BCUT2D eigenvalue weighted by Crippen LogP contribution is 2.35. The molecule has 0 fully saturated rings. The normalized spacial score (nSPS) is 20.1. The molecular formula is C12H12Cl2N2. The fourth-order valence-electron chi connectivity index (χ4n) is 2.45. The Hall–Kier alpha value is -0.700. The minimum absolute atomic E-state index is 0.414. The van der Waals surface area contributed by atoms with Gasteiger partial charge in [0.15, 0.2) is 0 Å². The number of rotatable bonds is 0. The molecule has 1 unspecified atom stereocenters. The van der Waals surface area contributed by atoms with Crippen LogP contribution in [0.5, 0.6) is 0 Å². The van der Waals surface area contributed by atoms with Crippen LogP contribution in [-0.4, -0.2) is 11.1 Å². The minimum atomic E-state index is 0.414. The van der Waals surface area contributed by atoms with Crippen molar-refractivity contribution in [3.05, 3.63) is 33.9 Å². The molecule has 0 amide bonds. The van der Waals surface area contributed by atoms with E-state index in [2.05, 4.69) is 22.9 Å². The predicted molar refractivity (Wildman–Crippen MR) is 68.4 cm³/mol. The highest BCUT2D eigenvalue weighted by molar-refractivity contribution is 6.45. The molecule has 0 radical (unpaired) electrons. The van der Waals surface area contributed by atoms with Crippen LogP contribution in [0.4, 0.5) is 0 Å². The van der Waals surface area contributed by atoms with Crippen LogP contribution in [0, 0.1) is 0 Å². The monoisotopic (exact) mass is 254 g/mol. The van der Waals surface area contributed by atoms with E-state index in [0.717, 1.165) is 18.6 Å². The molecule has 1 aliphatic rings. The van der Waals surface area contributed by atoms with Crippen molar-refractivity contribution in [2.45, 2.75) is 19.5 Å². The van der Waals surface area contributed by atoms with E-state index in [4.69, 9.17) is 23.2 Å². The van der Waals surface area contributed by atoms with Crippen LogP contribution in [0.2, 0.25) is 10.0 Å². The van der Waals surface area contributed by atoms with Crippen molar-refractivity contribution in [1.82, 2.24) is 9.88 Å². The van der Waals surface area contributed by atoms with Crippen molar-refractivity contribution in [3.63, 3.8) is 0 Å². The summed E-state index contributed by atoms with van der Waals surface area (Å²) >= 11 is 12.4. The quantitative estimate of drug-likeness (QED) is 0.760. The van der Waals surface area contributed by atoms with Crippen molar-refractivity contribution in [3.8, 4) is 0 Å². The zero-order valence-corrected chi connectivity index (χ0v) is 10.4. The summed E-state index contributed by atoms with van der Waals surface area (Å²) in [6, 6.07) is 6.48. The average molecular weight is 255 g/mol. The first-order valence-electron chi connectivity index (χ1n) is 5.37. The molecule has 16 heavy (non-hydrogen) atoms. The molecule has 1 atom stereocenters. The molecule has 0 spiro atoms. The van der Waals surface area contributed by atoms with Crippen molar-refractivity contribution >= 4 is 34.1 Å². The highest BCUT2D eigenvalue weighted by atomic mass is 35.5. The number of benzene rings is 1. The van der Waals surface area contributed by atoms with Gasteiger partial charge in [-0.25, -0.2) is 0 Å². The van der Waals surface area contributed by atoms with E-state index in [1.54, 1.807) is 0 Å². The Kier molecular flexibility index (Phi) is 2.39. The first kappa shape index (κ1) is 10.5. The maximum atomic E-state index is 6.30. The van der Waals surface area contributed by atoms with Gasteiger partial charge in [0.05, 0.1) is 15.6 Å². The number of aromatic nitrogens is 1. The molecule has 84 valence electrons. The molecule has 1 aromatic carbocycles. The topological polar surface area (TPSA) is 17.0 Å². The van der Waals surface area contributed by atoms with Crippen LogP contribution in [-0.2, 0) is 6.54 Å². The second-order valence-electron chi connectivity index (χ2n) is 4.28. The number of nitrogens with zero attached hydrogens (tertiary/aromatic N) is 1. The molecule has 0 aliphatic carbocycles. The van der Waals surface area contributed by atoms with Crippen molar-refractivity contribution in [2.24, 2.45) is 0 Å². The standard InChI is InChI=1S/C12H12Cl2N2/c1-7-5-15-6-9-4-8-2-3-10(13)11(14)12(8)16(7)9/h2-4,7,15H,5-6H2,1H3. The number of nitrogens with one attached hydrogen (secondary N) is 1. The molecule has 4 heteroatoms. The Morgan fingerprint density at radius 3 is 3.00 bits per heavy atom. The molecule has 0 saturated carbocycles. The molecule has 1 aliphatic heterocycles. The molecule has 3 rings (SSSR count). The van der Waals surface area contributed by atoms with Gasteiger partial charge in [0, 0.05) is 30.2 Å². The van der Waals surface area contributed by atoms with Crippen molar-refractivity contribution in [2.75, 3.05) is 6.54 Å². The second-order valence-corrected chi connectivity index (χ2v) is 5.07. The number of halogens is 2. The first-order valence-corrected chi connectivity index (χ1v) is 6.12. The van der Waals surface area contributed by atoms with Gasteiger partial charge in [0.2, 0.25) is 0 Å². The van der Waals surface area contributed by atoms with Crippen LogP contribution >= 0.6 is 23.2 Å². The van der Waals surface area contributed by atoms with E-state index in [9.17, 15) is 0 Å². The molecule has 1 aromatic heterocycles. The third kappa shape index (κ3) is 1.37. The molecule has 0 bridgehead atoms. The predicted octanol–water partition coefficient (Wildman–Crippen LogP) is 3.61. The fraction of sp³-hybridized carbons (Fsp3) is 0.333. The zero-order chi connectivity index (χ0) is 11.3. The Morgan fingerprint density at radius 1 is 1.38 bits per heavy atom. The van der Waals surface area contributed by atoms with Gasteiger partial charge in [-0.15, -0.1) is 0 Å². The summed E-state index contributed by atoms with van der Waals surface area (Å²) in [6.45, 7) is 4.05. The Bertz CT molecular complexity index is 560. The van der Waals surface area contributed by atoms with E-state index in [1.807, 2.05) is 12.1 Å². The van der Waals surface area contributed by atoms with Gasteiger partial charge < -0.3 is 9.88 Å². The van der Waals surface area contributed by atoms with Crippen LogP contribution in [0.25, 0.3) is 10.9 Å². The summed E-state index contributed by atoms with van der Waals surface area (Å²) in [5.41, 5.74) is 2.34. The fourth-order valence-corrected chi connectivity index (χ4v) is 2.86. The molecule has 1 N–H and O–H groups in total. The highest BCUT2D eigenvalue weighted by Gasteiger charge is 2.20. The minimum Gasteiger partial charge on any atom is -0.338 e. The van der Waals surface area contributed by atoms with Gasteiger partial charge in [-0.3, -0.25) is 0 Å². The zero-order valence-electron chi connectivity index (χ0n) is 8.93. The van der Waals surface area contributed by atoms with Gasteiger partial charge in [-0.1, -0.05) is 29.3 Å². The summed E-state index contributed by atoms with van der Waals surface area (Å²) in [6.07, 6.45) is 0. The van der Waals surface area contributed by atoms with Crippen LogP contribution < -0.4 is 5.32 Å². The van der Waals surface area contributed by atoms with Gasteiger partial charge in [-0.2, -0.15) is 0 Å². The van der Waals surface area contributed by atoms with E-state index >= 15 is 0 Å². The van der Waals surface area contributed by atoms with Crippen molar-refractivity contribution < 1.29 is 0 Å². The largest absolute Gasteiger partial charge is 0.338 e. The Labute approximate surface area is 104 Å². The third-order valence-electron chi connectivity index (χ3n) is 3.16. The summed E-state index contributed by atoms with van der Waals surface area (Å²) in [5.74, 6) is 0. The average Bonchev–Trinajstić information content (AvgIpc) is 2.64. The number of hydrogen-bond acceptors (Lipinski definition) is 1. The van der Waals surface area contributed by atoms with E-state index in [1.165, 1.54) is 11.1 Å². The molecule has 0 saturated heterocycles. The van der Waals surface area contributed by atoms with Gasteiger partial charge in [-0.05, 0) is 19.1 Å². The SMILES string of the molecule is CC1CNCc2cc3ccc(Cl)c(Cl)c3n21. The first-order chi connectivity index (χ1) is 7.68. The third-order valence-corrected chi connectivity index (χ3v) is 3.95. The van der Waals surface area contributed by atoms with Gasteiger partial charge in [0.25, 0.3) is 0 Å². The Balaban J connectivity index is 2.40. The van der Waals surface area contributed by atoms with Crippen molar-refractivity contribution in [1.29, 1.82) is 0 Å². The summed E-state index contributed by atoms with van der Waals surface area (Å²) in [4.78, 5) is 0. The van der Waals surface area contributed by atoms with Crippen LogP contribution in [0.1, 0.15) is 18.7 Å². The summed E-state index contributed by atoms with van der Waals surface area (Å²) < 4.78 is 2.29. The molecule has 2 heterocycles. The van der Waals surface area contributed by atoms with Gasteiger partial charge in [0.1, 0.15) is 0 Å². The number of hydrogen-bond donors (Lipinski definition) is 1. The second kappa shape index (κ2) is 3.66. The lowest BCUT2D eigenvalue weighted by Gasteiger charge is -2.25. The Morgan fingerprint density at radius 2 is 2.19 bits per heavy atom. The smallest absolute Gasteiger partial charge is 0.0835 e. The molecule has 2 aromatic rings. The lowest BCUT2D eigenvalue weighted by molar-refractivity contribution is 0.439. The van der Waals surface area contributed by atoms with E-state index in [-0.39, 0.29) is 0 Å². The van der Waals surface area contributed by atoms with E-state index in [0.29, 0.717) is 16.1 Å². The maximum absolute atomic E-state index is 6.30. The van der Waals surface area contributed by atoms with Crippen LogP contribution in [0.15, 0.2) is 18.2 Å². The molecule has 2 nitrogen and oxygen atoms in total. The number of fused-ring (bicyclic) bond motifs is 3.